The summed E-state index contributed by atoms with van der Waals surface area (Å²) in [4.78, 5) is 25.4. The number of benzene rings is 1. The van der Waals surface area contributed by atoms with Gasteiger partial charge in [0.2, 0.25) is 5.91 Å². The second-order valence-corrected chi connectivity index (χ2v) is 6.70. The number of carbonyl (C=O) groups is 2. The largest absolute Gasteiger partial charge is 0.480 e. The van der Waals surface area contributed by atoms with Crippen LogP contribution >= 0.6 is 0 Å². The molecule has 1 aromatic heterocycles. The maximum absolute atomic E-state index is 12.8. The Labute approximate surface area is 158 Å². The summed E-state index contributed by atoms with van der Waals surface area (Å²) in [5.41, 5.74) is -0.251. The molecule has 1 amide bonds. The van der Waals surface area contributed by atoms with Crippen LogP contribution in [0.1, 0.15) is 35.6 Å². The predicted molar refractivity (Wildman–Crippen MR) is 91.1 cm³/mol. The number of aliphatic carboxylic acids is 1. The van der Waals surface area contributed by atoms with Gasteiger partial charge in [-0.1, -0.05) is 18.2 Å². The monoisotopic (exact) mass is 396 g/mol. The van der Waals surface area contributed by atoms with E-state index in [1.165, 1.54) is 11.0 Å². The summed E-state index contributed by atoms with van der Waals surface area (Å²) in [6.07, 6.45) is -3.78. The summed E-state index contributed by atoms with van der Waals surface area (Å²) in [5.74, 6) is -0.393. The normalized spacial score (nSPS) is 16.7. The first-order valence-electron chi connectivity index (χ1n) is 8.74. The summed E-state index contributed by atoms with van der Waals surface area (Å²) in [6, 6.07) is 3.95. The lowest BCUT2D eigenvalue weighted by Crippen LogP contribution is -2.50. The van der Waals surface area contributed by atoms with Gasteiger partial charge in [-0.2, -0.15) is 13.2 Å². The number of carbonyl (C=O) groups excluding carboxylic acids is 1. The average molecular weight is 396 g/mol. The first-order valence-corrected chi connectivity index (χ1v) is 8.74. The fourth-order valence-corrected chi connectivity index (χ4v) is 3.28. The number of fused-ring (bicyclic) bond motifs is 1. The van der Waals surface area contributed by atoms with Crippen molar-refractivity contribution >= 4 is 11.9 Å². The Kier molecular flexibility index (Phi) is 5.39. The van der Waals surface area contributed by atoms with E-state index in [1.54, 1.807) is 17.6 Å². The Bertz CT molecular complexity index is 894. The van der Waals surface area contributed by atoms with Crippen LogP contribution in [0.2, 0.25) is 0 Å². The Morgan fingerprint density at radius 3 is 2.71 bits per heavy atom. The van der Waals surface area contributed by atoms with Crippen molar-refractivity contribution in [3.8, 4) is 0 Å². The van der Waals surface area contributed by atoms with Crippen LogP contribution in [0.4, 0.5) is 13.2 Å². The molecule has 2 heterocycles. The van der Waals surface area contributed by atoms with E-state index in [-0.39, 0.29) is 31.8 Å². The molecule has 0 aliphatic carbocycles. The molecular weight excluding hydrogens is 377 g/mol. The van der Waals surface area contributed by atoms with Gasteiger partial charge in [-0.25, -0.2) is 4.79 Å². The van der Waals surface area contributed by atoms with Gasteiger partial charge in [0.25, 0.3) is 0 Å². The van der Waals surface area contributed by atoms with Crippen molar-refractivity contribution in [2.75, 3.05) is 0 Å². The lowest BCUT2D eigenvalue weighted by atomic mass is 10.0. The van der Waals surface area contributed by atoms with E-state index >= 15 is 0 Å². The van der Waals surface area contributed by atoms with Crippen molar-refractivity contribution < 1.29 is 27.9 Å². The molecule has 0 fully saturated rings. The van der Waals surface area contributed by atoms with Crippen LogP contribution in [0, 0.1) is 6.92 Å². The number of rotatable bonds is 5. The third kappa shape index (κ3) is 4.15. The van der Waals surface area contributed by atoms with Gasteiger partial charge in [0, 0.05) is 6.42 Å². The number of halogens is 3. The van der Waals surface area contributed by atoms with Crippen molar-refractivity contribution in [2.24, 2.45) is 0 Å². The van der Waals surface area contributed by atoms with Gasteiger partial charge in [-0.05, 0) is 31.4 Å². The van der Waals surface area contributed by atoms with Gasteiger partial charge in [0.05, 0.1) is 18.7 Å². The molecule has 1 aliphatic rings. The van der Waals surface area contributed by atoms with Gasteiger partial charge in [-0.3, -0.25) is 4.79 Å². The van der Waals surface area contributed by atoms with Gasteiger partial charge in [-0.15, -0.1) is 10.2 Å². The van der Waals surface area contributed by atoms with Gasteiger partial charge in [0.15, 0.2) is 5.82 Å². The summed E-state index contributed by atoms with van der Waals surface area (Å²) >= 11 is 0. The van der Waals surface area contributed by atoms with Crippen LogP contribution in [-0.2, 0) is 35.3 Å². The van der Waals surface area contributed by atoms with Crippen molar-refractivity contribution in [3.05, 3.63) is 47.0 Å². The number of aromatic nitrogens is 3. The van der Waals surface area contributed by atoms with E-state index in [0.717, 1.165) is 12.1 Å². The fraction of sp³-hybridized carbons (Fsp3) is 0.444. The highest BCUT2D eigenvalue weighted by atomic mass is 19.4. The first-order chi connectivity index (χ1) is 13.2. The molecule has 0 spiro atoms. The van der Waals surface area contributed by atoms with Gasteiger partial charge < -0.3 is 14.6 Å². The number of hydrogen-bond acceptors (Lipinski definition) is 4. The SMILES string of the molecule is Cc1nnc2n1CC(C(=O)O)N(C(=O)CCCc1cccc(C(F)(F)F)c1)C2. The van der Waals surface area contributed by atoms with Crippen molar-refractivity contribution in [1.29, 1.82) is 0 Å². The van der Waals surface area contributed by atoms with E-state index in [1.807, 2.05) is 0 Å². The second kappa shape index (κ2) is 7.61. The fourth-order valence-electron chi connectivity index (χ4n) is 3.28. The highest BCUT2D eigenvalue weighted by Gasteiger charge is 2.36. The van der Waals surface area contributed by atoms with E-state index in [2.05, 4.69) is 10.2 Å². The number of alkyl halides is 3. The number of carboxylic acids is 1. The predicted octanol–water partition coefficient (Wildman–Crippen LogP) is 2.42. The molecule has 150 valence electrons. The van der Waals surface area contributed by atoms with Gasteiger partial charge in [0.1, 0.15) is 11.9 Å². The van der Waals surface area contributed by atoms with Crippen LogP contribution in [0.25, 0.3) is 0 Å². The lowest BCUT2D eigenvalue weighted by molar-refractivity contribution is -0.152. The molecule has 0 saturated heterocycles. The van der Waals surface area contributed by atoms with Crippen LogP contribution in [-0.4, -0.2) is 42.7 Å². The Hall–Kier alpha value is -2.91. The molecule has 10 heteroatoms. The number of aryl methyl sites for hydroxylation is 2. The molecule has 1 aromatic carbocycles. The maximum Gasteiger partial charge on any atom is 0.416 e. The third-order valence-electron chi connectivity index (χ3n) is 4.77. The molecule has 3 rings (SSSR count). The standard InChI is InChI=1S/C18H19F3N4O3/c1-11-22-23-15-10-25(14(17(27)28)9-24(11)15)16(26)7-3-5-12-4-2-6-13(8-12)18(19,20)21/h2,4,6,8,14H,3,5,7,9-10H2,1H3,(H,27,28). The molecule has 7 nitrogen and oxygen atoms in total. The molecule has 0 bridgehead atoms. The number of carboxylic acid groups (broad SMARTS) is 1. The summed E-state index contributed by atoms with van der Waals surface area (Å²) in [6.45, 7) is 1.82. The molecule has 1 aliphatic heterocycles. The molecule has 2 aromatic rings. The van der Waals surface area contributed by atoms with E-state index in [4.69, 9.17) is 0 Å². The zero-order chi connectivity index (χ0) is 20.5. The van der Waals surface area contributed by atoms with Crippen LogP contribution in [0.5, 0.6) is 0 Å². The second-order valence-electron chi connectivity index (χ2n) is 6.70. The molecule has 0 radical (unpaired) electrons. The third-order valence-corrected chi connectivity index (χ3v) is 4.77. The molecule has 0 saturated carbocycles. The van der Waals surface area contributed by atoms with Crippen LogP contribution in [0.15, 0.2) is 24.3 Å². The lowest BCUT2D eigenvalue weighted by Gasteiger charge is -2.33. The quantitative estimate of drug-likeness (QED) is 0.839. The first kappa shape index (κ1) is 19.8. The minimum absolute atomic E-state index is 0.0349. The Morgan fingerprint density at radius 1 is 1.29 bits per heavy atom. The summed E-state index contributed by atoms with van der Waals surface area (Å²) in [7, 11) is 0. The van der Waals surface area contributed by atoms with Crippen molar-refractivity contribution in [1.82, 2.24) is 19.7 Å². The minimum atomic E-state index is -4.41. The van der Waals surface area contributed by atoms with Crippen LogP contribution < -0.4 is 0 Å². The average Bonchev–Trinajstić information content (AvgIpc) is 3.00. The number of hydrogen-bond donors (Lipinski definition) is 1. The molecule has 1 atom stereocenters. The summed E-state index contributed by atoms with van der Waals surface area (Å²) < 4.78 is 40.0. The smallest absolute Gasteiger partial charge is 0.416 e. The Balaban J connectivity index is 1.63. The molecule has 28 heavy (non-hydrogen) atoms. The number of nitrogens with zero attached hydrogens (tertiary/aromatic N) is 4. The minimum Gasteiger partial charge on any atom is -0.480 e. The van der Waals surface area contributed by atoms with Crippen molar-refractivity contribution in [2.45, 2.75) is 51.5 Å². The van der Waals surface area contributed by atoms with Gasteiger partial charge >= 0.3 is 12.1 Å². The maximum atomic E-state index is 12.8. The van der Waals surface area contributed by atoms with E-state index in [0.29, 0.717) is 23.6 Å². The number of amides is 1. The zero-order valence-electron chi connectivity index (χ0n) is 15.1. The van der Waals surface area contributed by atoms with Crippen molar-refractivity contribution in [3.63, 3.8) is 0 Å². The Morgan fingerprint density at radius 2 is 2.04 bits per heavy atom. The molecule has 1 unspecified atom stereocenters. The zero-order valence-corrected chi connectivity index (χ0v) is 15.1. The van der Waals surface area contributed by atoms with E-state index in [9.17, 15) is 27.9 Å². The summed E-state index contributed by atoms with van der Waals surface area (Å²) in [5, 5.41) is 17.3. The van der Waals surface area contributed by atoms with E-state index < -0.39 is 23.8 Å². The topological polar surface area (TPSA) is 88.3 Å². The highest BCUT2D eigenvalue weighted by Crippen LogP contribution is 2.30. The van der Waals surface area contributed by atoms with Crippen LogP contribution in [0.3, 0.4) is 0 Å². The molecule has 1 N–H and O–H groups in total. The highest BCUT2D eigenvalue weighted by molar-refractivity contribution is 5.83. The molecular formula is C18H19F3N4O3.